The van der Waals surface area contributed by atoms with Crippen LogP contribution in [0.3, 0.4) is 0 Å². The Labute approximate surface area is 193 Å². The van der Waals surface area contributed by atoms with Crippen molar-refractivity contribution >= 4 is 41.8 Å². The van der Waals surface area contributed by atoms with Gasteiger partial charge in [-0.05, 0) is 35.4 Å². The second kappa shape index (κ2) is 12.7. The molecule has 0 aromatic heterocycles. The first-order chi connectivity index (χ1) is 13.9. The van der Waals surface area contributed by atoms with Gasteiger partial charge >= 0.3 is 0 Å². The van der Waals surface area contributed by atoms with Crippen molar-refractivity contribution in [1.29, 1.82) is 0 Å². The quantitative estimate of drug-likeness (QED) is 0.277. The lowest BCUT2D eigenvalue weighted by Gasteiger charge is -2.13. The van der Waals surface area contributed by atoms with E-state index in [1.54, 1.807) is 32.1 Å². The van der Waals surface area contributed by atoms with Crippen LogP contribution in [0.25, 0.3) is 0 Å². The standard InChI is InChI=1S/C21H27N5O3.HI/c1-23-21(24-12-15-7-9-17(10-8-15)20(28)26(2)3)25-13-16-5-4-6-18(11-16)29-14-19(22)27;/h4-11H,12-14H2,1-3H3,(H2,22,27)(H2,23,24,25);1H. The molecular formula is C21H28IN5O3. The van der Waals surface area contributed by atoms with Crippen LogP contribution in [-0.4, -0.2) is 50.4 Å². The van der Waals surface area contributed by atoms with Crippen LogP contribution in [0.4, 0.5) is 0 Å². The summed E-state index contributed by atoms with van der Waals surface area (Å²) in [5.41, 5.74) is 7.75. The zero-order valence-electron chi connectivity index (χ0n) is 17.3. The van der Waals surface area contributed by atoms with Crippen LogP contribution in [0, 0.1) is 0 Å². The van der Waals surface area contributed by atoms with Gasteiger partial charge in [-0.2, -0.15) is 0 Å². The van der Waals surface area contributed by atoms with Crippen molar-refractivity contribution in [2.24, 2.45) is 10.7 Å². The fourth-order valence-corrected chi connectivity index (χ4v) is 2.52. The molecule has 0 aliphatic carbocycles. The van der Waals surface area contributed by atoms with Crippen LogP contribution in [0.15, 0.2) is 53.5 Å². The highest BCUT2D eigenvalue weighted by Gasteiger charge is 2.07. The number of halogens is 1. The molecule has 2 amide bonds. The Morgan fingerprint density at radius 2 is 1.67 bits per heavy atom. The molecule has 0 unspecified atom stereocenters. The van der Waals surface area contributed by atoms with E-state index in [2.05, 4.69) is 15.6 Å². The minimum Gasteiger partial charge on any atom is -0.484 e. The van der Waals surface area contributed by atoms with Crippen LogP contribution < -0.4 is 21.1 Å². The van der Waals surface area contributed by atoms with Gasteiger partial charge in [0.05, 0.1) is 0 Å². The fraction of sp³-hybridized carbons (Fsp3) is 0.286. The van der Waals surface area contributed by atoms with Crippen molar-refractivity contribution in [2.75, 3.05) is 27.7 Å². The molecule has 2 rings (SSSR count). The van der Waals surface area contributed by atoms with Gasteiger partial charge in [0.25, 0.3) is 11.8 Å². The summed E-state index contributed by atoms with van der Waals surface area (Å²) < 4.78 is 5.31. The number of carbonyl (C=O) groups excluding carboxylic acids is 2. The summed E-state index contributed by atoms with van der Waals surface area (Å²) >= 11 is 0. The predicted octanol–water partition coefficient (Wildman–Crippen LogP) is 1.74. The fourth-order valence-electron chi connectivity index (χ4n) is 2.52. The van der Waals surface area contributed by atoms with Crippen molar-refractivity contribution in [3.63, 3.8) is 0 Å². The summed E-state index contributed by atoms with van der Waals surface area (Å²) in [7, 11) is 5.15. The van der Waals surface area contributed by atoms with E-state index in [-0.39, 0.29) is 36.5 Å². The molecule has 0 aliphatic rings. The molecule has 0 heterocycles. The van der Waals surface area contributed by atoms with E-state index in [9.17, 15) is 9.59 Å². The van der Waals surface area contributed by atoms with E-state index < -0.39 is 5.91 Å². The average molecular weight is 525 g/mol. The van der Waals surface area contributed by atoms with Gasteiger partial charge in [0.1, 0.15) is 5.75 Å². The topological polar surface area (TPSA) is 109 Å². The lowest BCUT2D eigenvalue weighted by molar-refractivity contribution is -0.119. The maximum Gasteiger partial charge on any atom is 0.255 e. The lowest BCUT2D eigenvalue weighted by Crippen LogP contribution is -2.36. The molecular weight excluding hydrogens is 497 g/mol. The molecule has 0 radical (unpaired) electrons. The predicted molar refractivity (Wildman–Crippen MR) is 128 cm³/mol. The third-order valence-corrected chi connectivity index (χ3v) is 4.03. The summed E-state index contributed by atoms with van der Waals surface area (Å²) in [5.74, 6) is 0.682. The monoisotopic (exact) mass is 525 g/mol. The molecule has 162 valence electrons. The Bertz CT molecular complexity index is 869. The molecule has 0 fully saturated rings. The Balaban J connectivity index is 0.00000450. The van der Waals surface area contributed by atoms with Crippen molar-refractivity contribution < 1.29 is 14.3 Å². The minimum atomic E-state index is -0.516. The molecule has 0 spiro atoms. The van der Waals surface area contributed by atoms with E-state index in [1.165, 1.54) is 0 Å². The van der Waals surface area contributed by atoms with Crippen LogP contribution >= 0.6 is 24.0 Å². The molecule has 2 aromatic rings. The first-order valence-electron chi connectivity index (χ1n) is 9.14. The van der Waals surface area contributed by atoms with Crippen LogP contribution in [0.1, 0.15) is 21.5 Å². The molecule has 0 saturated carbocycles. The number of rotatable bonds is 8. The molecule has 2 aromatic carbocycles. The van der Waals surface area contributed by atoms with Gasteiger partial charge in [-0.1, -0.05) is 24.3 Å². The van der Waals surface area contributed by atoms with Gasteiger partial charge in [0.15, 0.2) is 12.6 Å². The molecule has 4 N–H and O–H groups in total. The van der Waals surface area contributed by atoms with Gasteiger partial charge in [-0.3, -0.25) is 14.6 Å². The highest BCUT2D eigenvalue weighted by atomic mass is 127. The maximum atomic E-state index is 11.9. The number of aliphatic imine (C=N–C) groups is 1. The zero-order chi connectivity index (χ0) is 21.2. The van der Waals surface area contributed by atoms with Crippen LogP contribution in [0.2, 0.25) is 0 Å². The number of guanidine groups is 1. The average Bonchev–Trinajstić information content (AvgIpc) is 2.72. The SMILES string of the molecule is CN=C(NCc1ccc(C(=O)N(C)C)cc1)NCc1cccc(OCC(N)=O)c1.I. The van der Waals surface area contributed by atoms with E-state index >= 15 is 0 Å². The second-order valence-electron chi connectivity index (χ2n) is 6.58. The number of hydrogen-bond acceptors (Lipinski definition) is 4. The molecule has 0 saturated heterocycles. The summed E-state index contributed by atoms with van der Waals surface area (Å²) in [6.45, 7) is 0.945. The zero-order valence-corrected chi connectivity index (χ0v) is 19.7. The number of hydrogen-bond donors (Lipinski definition) is 3. The molecule has 9 heteroatoms. The van der Waals surface area contributed by atoms with Crippen molar-refractivity contribution in [2.45, 2.75) is 13.1 Å². The van der Waals surface area contributed by atoms with Gasteiger partial charge in [0, 0.05) is 39.8 Å². The summed E-state index contributed by atoms with van der Waals surface area (Å²) in [4.78, 5) is 28.5. The third kappa shape index (κ3) is 8.27. The first kappa shape index (κ1) is 25.2. The number of amides is 2. The van der Waals surface area contributed by atoms with Gasteiger partial charge in [-0.25, -0.2) is 0 Å². The highest BCUT2D eigenvalue weighted by Crippen LogP contribution is 2.13. The smallest absolute Gasteiger partial charge is 0.255 e. The first-order valence-corrected chi connectivity index (χ1v) is 9.14. The molecule has 0 aliphatic heterocycles. The van der Waals surface area contributed by atoms with E-state index in [4.69, 9.17) is 10.5 Å². The summed E-state index contributed by atoms with van der Waals surface area (Å²) in [6.07, 6.45) is 0. The number of nitrogens with zero attached hydrogens (tertiary/aromatic N) is 2. The summed E-state index contributed by atoms with van der Waals surface area (Å²) in [5, 5.41) is 6.46. The summed E-state index contributed by atoms with van der Waals surface area (Å²) in [6, 6.07) is 14.8. The maximum absolute atomic E-state index is 11.9. The Morgan fingerprint density at radius 3 is 2.23 bits per heavy atom. The number of carbonyl (C=O) groups is 2. The number of ether oxygens (including phenoxy) is 1. The molecule has 0 atom stereocenters. The largest absolute Gasteiger partial charge is 0.484 e. The Hall–Kier alpha value is -2.82. The van der Waals surface area contributed by atoms with E-state index in [0.29, 0.717) is 30.4 Å². The Kier molecular flexibility index (Phi) is 10.7. The van der Waals surface area contributed by atoms with Crippen molar-refractivity contribution in [3.05, 3.63) is 65.2 Å². The molecule has 0 bridgehead atoms. The van der Waals surface area contributed by atoms with E-state index in [1.807, 2.05) is 42.5 Å². The Morgan fingerprint density at radius 1 is 1.03 bits per heavy atom. The minimum absolute atomic E-state index is 0. The number of nitrogens with two attached hydrogens (primary N) is 1. The third-order valence-electron chi connectivity index (χ3n) is 4.03. The lowest BCUT2D eigenvalue weighted by atomic mass is 10.1. The second-order valence-corrected chi connectivity index (χ2v) is 6.58. The normalized spacial score (nSPS) is 10.6. The van der Waals surface area contributed by atoms with Crippen LogP contribution in [0.5, 0.6) is 5.75 Å². The number of benzene rings is 2. The van der Waals surface area contributed by atoms with Crippen molar-refractivity contribution in [1.82, 2.24) is 15.5 Å². The van der Waals surface area contributed by atoms with Gasteiger partial charge < -0.3 is 26.0 Å². The number of nitrogens with one attached hydrogen (secondary N) is 2. The van der Waals surface area contributed by atoms with E-state index in [0.717, 1.165) is 11.1 Å². The highest BCUT2D eigenvalue weighted by molar-refractivity contribution is 14.0. The van der Waals surface area contributed by atoms with Crippen LogP contribution in [-0.2, 0) is 17.9 Å². The molecule has 30 heavy (non-hydrogen) atoms. The van der Waals surface area contributed by atoms with Gasteiger partial charge in [-0.15, -0.1) is 24.0 Å². The molecule has 8 nitrogen and oxygen atoms in total. The van der Waals surface area contributed by atoms with Gasteiger partial charge in [0.2, 0.25) is 0 Å². The number of primary amides is 1. The van der Waals surface area contributed by atoms with Crippen molar-refractivity contribution in [3.8, 4) is 5.75 Å².